The Bertz CT molecular complexity index is 568. The van der Waals surface area contributed by atoms with Gasteiger partial charge in [-0.3, -0.25) is 0 Å². The van der Waals surface area contributed by atoms with Crippen LogP contribution in [0.15, 0.2) is 32.7 Å². The number of benzene rings is 1. The summed E-state index contributed by atoms with van der Waals surface area (Å²) in [7, 11) is 1.98. The number of halogens is 1. The van der Waals surface area contributed by atoms with Crippen molar-refractivity contribution >= 4 is 27.7 Å². The Morgan fingerprint density at radius 3 is 2.74 bits per heavy atom. The zero-order chi connectivity index (χ0) is 13.8. The molecule has 0 saturated heterocycles. The fraction of sp³-hybridized carbons (Fsp3) is 0.385. The second-order valence-corrected chi connectivity index (χ2v) is 6.10. The monoisotopic (exact) mass is 340 g/mol. The Morgan fingerprint density at radius 2 is 2.16 bits per heavy atom. The molecule has 0 unspecified atom stereocenters. The maximum Gasteiger partial charge on any atom is 0.195 e. The average Bonchev–Trinajstić information content (AvgIpc) is 2.71. The van der Waals surface area contributed by atoms with Gasteiger partial charge in [-0.25, -0.2) is 0 Å². The number of hydrogen-bond donors (Lipinski definition) is 1. The summed E-state index contributed by atoms with van der Waals surface area (Å²) >= 11 is 5.24. The quantitative estimate of drug-likeness (QED) is 0.907. The first kappa shape index (κ1) is 14.6. The molecule has 6 heteroatoms. The molecule has 19 heavy (non-hydrogen) atoms. The van der Waals surface area contributed by atoms with Crippen molar-refractivity contribution < 1.29 is 0 Å². The zero-order valence-electron chi connectivity index (χ0n) is 11.3. The largest absolute Gasteiger partial charge is 0.313 e. The molecule has 0 spiro atoms. The van der Waals surface area contributed by atoms with Gasteiger partial charge in [0.05, 0.1) is 0 Å². The third-order valence-corrected chi connectivity index (χ3v) is 4.86. The van der Waals surface area contributed by atoms with Crippen LogP contribution in [-0.2, 0) is 13.6 Å². The predicted molar refractivity (Wildman–Crippen MR) is 81.4 cm³/mol. The topological polar surface area (TPSA) is 42.7 Å². The SMILES string of the molecule is CCNCc1ccc(Sc2nnc(C)n2C)c(Br)c1. The Balaban J connectivity index is 2.15. The van der Waals surface area contributed by atoms with E-state index in [9.17, 15) is 0 Å². The molecule has 0 aliphatic rings. The molecule has 4 nitrogen and oxygen atoms in total. The molecule has 0 aliphatic carbocycles. The predicted octanol–water partition coefficient (Wildman–Crippen LogP) is 3.15. The third kappa shape index (κ3) is 3.58. The maximum atomic E-state index is 4.17. The molecule has 2 rings (SSSR count). The molecule has 102 valence electrons. The first-order valence-corrected chi connectivity index (χ1v) is 7.75. The van der Waals surface area contributed by atoms with Crippen molar-refractivity contribution in [3.05, 3.63) is 34.1 Å². The summed E-state index contributed by atoms with van der Waals surface area (Å²) in [6.45, 7) is 5.93. The van der Waals surface area contributed by atoms with Crippen LogP contribution in [0.1, 0.15) is 18.3 Å². The number of aryl methyl sites for hydroxylation is 1. The molecule has 1 N–H and O–H groups in total. The van der Waals surface area contributed by atoms with Crippen molar-refractivity contribution in [1.82, 2.24) is 20.1 Å². The normalized spacial score (nSPS) is 10.9. The van der Waals surface area contributed by atoms with E-state index >= 15 is 0 Å². The van der Waals surface area contributed by atoms with E-state index in [-0.39, 0.29) is 0 Å². The molecule has 0 bridgehead atoms. The van der Waals surface area contributed by atoms with Gasteiger partial charge in [0.2, 0.25) is 0 Å². The van der Waals surface area contributed by atoms with Gasteiger partial charge in [0.25, 0.3) is 0 Å². The number of rotatable bonds is 5. The van der Waals surface area contributed by atoms with Crippen LogP contribution in [-0.4, -0.2) is 21.3 Å². The fourth-order valence-corrected chi connectivity index (χ4v) is 3.09. The minimum absolute atomic E-state index is 0.892. The van der Waals surface area contributed by atoms with Crippen molar-refractivity contribution in [3.63, 3.8) is 0 Å². The molecule has 0 amide bonds. The summed E-state index contributed by atoms with van der Waals surface area (Å²) in [5.41, 5.74) is 1.27. The average molecular weight is 341 g/mol. The van der Waals surface area contributed by atoms with Gasteiger partial charge >= 0.3 is 0 Å². The highest BCUT2D eigenvalue weighted by atomic mass is 79.9. The lowest BCUT2D eigenvalue weighted by atomic mass is 10.2. The summed E-state index contributed by atoms with van der Waals surface area (Å²) in [5.74, 6) is 0.919. The van der Waals surface area contributed by atoms with Gasteiger partial charge < -0.3 is 9.88 Å². The summed E-state index contributed by atoms with van der Waals surface area (Å²) in [5, 5.41) is 12.5. The lowest BCUT2D eigenvalue weighted by Crippen LogP contribution is -2.11. The van der Waals surface area contributed by atoms with Gasteiger partial charge in [0, 0.05) is 23.0 Å². The molecular formula is C13H17BrN4S. The maximum absolute atomic E-state index is 4.17. The van der Waals surface area contributed by atoms with Gasteiger partial charge in [-0.2, -0.15) is 0 Å². The summed E-state index contributed by atoms with van der Waals surface area (Å²) < 4.78 is 3.08. The fourth-order valence-electron chi connectivity index (χ4n) is 1.58. The third-order valence-electron chi connectivity index (χ3n) is 2.83. The lowest BCUT2D eigenvalue weighted by Gasteiger charge is -2.07. The van der Waals surface area contributed by atoms with Crippen LogP contribution in [0.5, 0.6) is 0 Å². The molecule has 0 radical (unpaired) electrons. The number of hydrogen-bond acceptors (Lipinski definition) is 4. The van der Waals surface area contributed by atoms with E-state index in [2.05, 4.69) is 56.6 Å². The molecular weight excluding hydrogens is 324 g/mol. The zero-order valence-corrected chi connectivity index (χ0v) is 13.7. The van der Waals surface area contributed by atoms with Crippen molar-refractivity contribution in [2.45, 2.75) is 30.4 Å². The van der Waals surface area contributed by atoms with E-state index in [0.29, 0.717) is 0 Å². The van der Waals surface area contributed by atoms with Gasteiger partial charge in [0.15, 0.2) is 5.16 Å². The van der Waals surface area contributed by atoms with E-state index in [1.165, 1.54) is 5.56 Å². The second kappa shape index (κ2) is 6.54. The van der Waals surface area contributed by atoms with Crippen LogP contribution in [0.25, 0.3) is 0 Å². The summed E-state index contributed by atoms with van der Waals surface area (Å²) in [6.07, 6.45) is 0. The number of nitrogens with zero attached hydrogens (tertiary/aromatic N) is 3. The van der Waals surface area contributed by atoms with E-state index in [1.807, 2.05) is 18.5 Å². The smallest absolute Gasteiger partial charge is 0.195 e. The van der Waals surface area contributed by atoms with Crippen LogP contribution in [0, 0.1) is 6.92 Å². The Morgan fingerprint density at radius 1 is 1.37 bits per heavy atom. The molecule has 0 atom stereocenters. The number of aromatic nitrogens is 3. The van der Waals surface area contributed by atoms with Crippen LogP contribution in [0.3, 0.4) is 0 Å². The standard InChI is InChI=1S/C13H17BrN4S/c1-4-15-8-10-5-6-12(11(14)7-10)19-13-17-16-9(2)18(13)3/h5-7,15H,4,8H2,1-3H3. The van der Waals surface area contributed by atoms with Crippen molar-refractivity contribution in [2.75, 3.05) is 6.54 Å². The van der Waals surface area contributed by atoms with Crippen molar-refractivity contribution in [3.8, 4) is 0 Å². The van der Waals surface area contributed by atoms with Crippen LogP contribution in [0.2, 0.25) is 0 Å². The van der Waals surface area contributed by atoms with E-state index < -0.39 is 0 Å². The Labute approximate surface area is 126 Å². The minimum Gasteiger partial charge on any atom is -0.313 e. The van der Waals surface area contributed by atoms with Crippen LogP contribution < -0.4 is 5.32 Å². The van der Waals surface area contributed by atoms with E-state index in [0.717, 1.165) is 33.4 Å². The Hall–Kier alpha value is -0.850. The van der Waals surface area contributed by atoms with Gasteiger partial charge in [-0.1, -0.05) is 13.0 Å². The van der Waals surface area contributed by atoms with Gasteiger partial charge in [-0.15, -0.1) is 10.2 Å². The molecule has 0 fully saturated rings. The lowest BCUT2D eigenvalue weighted by molar-refractivity contribution is 0.726. The molecule has 1 aromatic heterocycles. The van der Waals surface area contributed by atoms with Crippen molar-refractivity contribution in [2.24, 2.45) is 7.05 Å². The second-order valence-electron chi connectivity index (χ2n) is 4.24. The van der Waals surface area contributed by atoms with Gasteiger partial charge in [0.1, 0.15) is 5.82 Å². The number of nitrogens with one attached hydrogen (secondary N) is 1. The van der Waals surface area contributed by atoms with Crippen LogP contribution in [0.4, 0.5) is 0 Å². The van der Waals surface area contributed by atoms with E-state index in [1.54, 1.807) is 11.8 Å². The molecule has 0 saturated carbocycles. The highest BCUT2D eigenvalue weighted by Crippen LogP contribution is 2.33. The highest BCUT2D eigenvalue weighted by molar-refractivity contribution is 9.10. The first-order valence-electron chi connectivity index (χ1n) is 6.14. The molecule has 1 heterocycles. The molecule has 2 aromatic rings. The van der Waals surface area contributed by atoms with Crippen LogP contribution >= 0.6 is 27.7 Å². The molecule has 0 aliphatic heterocycles. The van der Waals surface area contributed by atoms with Gasteiger partial charge in [-0.05, 0) is 58.9 Å². The summed E-state index contributed by atoms with van der Waals surface area (Å²) in [6, 6.07) is 6.40. The summed E-state index contributed by atoms with van der Waals surface area (Å²) in [4.78, 5) is 1.15. The first-order chi connectivity index (χ1) is 9.11. The highest BCUT2D eigenvalue weighted by Gasteiger charge is 2.09. The minimum atomic E-state index is 0.892. The Kier molecular flexibility index (Phi) is 5.01. The van der Waals surface area contributed by atoms with Crippen molar-refractivity contribution in [1.29, 1.82) is 0 Å². The molecule has 1 aromatic carbocycles. The van der Waals surface area contributed by atoms with E-state index in [4.69, 9.17) is 0 Å².